The second-order valence-corrected chi connectivity index (χ2v) is 3.92. The number of aromatic nitrogens is 2. The molecule has 16 heavy (non-hydrogen) atoms. The fourth-order valence-corrected chi connectivity index (χ4v) is 1.51. The molecule has 1 aromatic rings. The van der Waals surface area contributed by atoms with Gasteiger partial charge >= 0.3 is 0 Å². The van der Waals surface area contributed by atoms with Gasteiger partial charge in [-0.05, 0) is 18.8 Å². The SMILES string of the molecule is C#CCN(CC1CC1)C(=O)c1cnccn1. The zero-order chi connectivity index (χ0) is 11.4. The van der Waals surface area contributed by atoms with E-state index in [1.54, 1.807) is 11.1 Å². The van der Waals surface area contributed by atoms with Gasteiger partial charge in [-0.15, -0.1) is 6.42 Å². The first kappa shape index (κ1) is 10.6. The summed E-state index contributed by atoms with van der Waals surface area (Å²) in [6, 6.07) is 0. The zero-order valence-corrected chi connectivity index (χ0v) is 8.97. The third kappa shape index (κ3) is 2.57. The summed E-state index contributed by atoms with van der Waals surface area (Å²) in [5, 5.41) is 0. The van der Waals surface area contributed by atoms with E-state index in [-0.39, 0.29) is 5.91 Å². The Labute approximate surface area is 94.7 Å². The quantitative estimate of drug-likeness (QED) is 0.703. The molecule has 0 aromatic carbocycles. The Hall–Kier alpha value is -1.89. The molecule has 4 nitrogen and oxygen atoms in total. The molecule has 0 aliphatic heterocycles. The van der Waals surface area contributed by atoms with Gasteiger partial charge in [-0.25, -0.2) is 4.98 Å². The minimum Gasteiger partial charge on any atom is -0.326 e. The maximum Gasteiger partial charge on any atom is 0.274 e. The van der Waals surface area contributed by atoms with Crippen LogP contribution < -0.4 is 0 Å². The van der Waals surface area contributed by atoms with Gasteiger partial charge in [0.1, 0.15) is 5.69 Å². The Morgan fingerprint density at radius 1 is 1.56 bits per heavy atom. The van der Waals surface area contributed by atoms with Crippen molar-refractivity contribution in [2.24, 2.45) is 5.92 Å². The smallest absolute Gasteiger partial charge is 0.274 e. The van der Waals surface area contributed by atoms with E-state index in [4.69, 9.17) is 6.42 Å². The number of carbonyl (C=O) groups excluding carboxylic acids is 1. The molecule has 0 radical (unpaired) electrons. The van der Waals surface area contributed by atoms with Crippen molar-refractivity contribution >= 4 is 5.91 Å². The summed E-state index contributed by atoms with van der Waals surface area (Å²) in [5.41, 5.74) is 0.360. The third-order valence-corrected chi connectivity index (χ3v) is 2.53. The molecule has 1 aliphatic carbocycles. The van der Waals surface area contributed by atoms with Gasteiger partial charge in [-0.1, -0.05) is 5.92 Å². The molecule has 2 rings (SSSR count). The molecule has 1 amide bonds. The third-order valence-electron chi connectivity index (χ3n) is 2.53. The van der Waals surface area contributed by atoms with Gasteiger partial charge < -0.3 is 4.90 Å². The van der Waals surface area contributed by atoms with Crippen LogP contribution in [0.3, 0.4) is 0 Å². The van der Waals surface area contributed by atoms with Crippen LogP contribution in [0, 0.1) is 18.3 Å². The van der Waals surface area contributed by atoms with Crippen LogP contribution in [-0.2, 0) is 0 Å². The Morgan fingerprint density at radius 2 is 2.38 bits per heavy atom. The molecule has 0 saturated heterocycles. The number of hydrogen-bond acceptors (Lipinski definition) is 3. The lowest BCUT2D eigenvalue weighted by molar-refractivity contribution is 0.0763. The van der Waals surface area contributed by atoms with Crippen LogP contribution in [0.15, 0.2) is 18.6 Å². The van der Waals surface area contributed by atoms with Crippen molar-refractivity contribution in [2.75, 3.05) is 13.1 Å². The molecule has 4 heteroatoms. The molecule has 1 aromatic heterocycles. The molecule has 1 aliphatic rings. The minimum atomic E-state index is -0.127. The first-order chi connectivity index (χ1) is 7.81. The van der Waals surface area contributed by atoms with Gasteiger partial charge in [0.2, 0.25) is 0 Å². The topological polar surface area (TPSA) is 46.1 Å². The Morgan fingerprint density at radius 3 is 2.94 bits per heavy atom. The van der Waals surface area contributed by atoms with Crippen molar-refractivity contribution in [1.82, 2.24) is 14.9 Å². The van der Waals surface area contributed by atoms with E-state index >= 15 is 0 Å². The Bertz CT molecular complexity index is 406. The summed E-state index contributed by atoms with van der Waals surface area (Å²) in [6.07, 6.45) is 12.2. The Balaban J connectivity index is 2.07. The van der Waals surface area contributed by atoms with Crippen LogP contribution in [0.5, 0.6) is 0 Å². The van der Waals surface area contributed by atoms with E-state index in [0.29, 0.717) is 18.2 Å². The number of amides is 1. The largest absolute Gasteiger partial charge is 0.326 e. The summed E-state index contributed by atoms with van der Waals surface area (Å²) in [6.45, 7) is 1.07. The highest BCUT2D eigenvalue weighted by Crippen LogP contribution is 2.29. The summed E-state index contributed by atoms with van der Waals surface area (Å²) in [7, 11) is 0. The van der Waals surface area contributed by atoms with Crippen LogP contribution in [0.25, 0.3) is 0 Å². The van der Waals surface area contributed by atoms with Gasteiger partial charge in [0.25, 0.3) is 5.91 Å². The van der Waals surface area contributed by atoms with Gasteiger partial charge in [-0.2, -0.15) is 0 Å². The van der Waals surface area contributed by atoms with Gasteiger partial charge in [0.05, 0.1) is 12.7 Å². The molecule has 1 heterocycles. The second kappa shape index (κ2) is 4.75. The summed E-state index contributed by atoms with van der Waals surface area (Å²) in [4.78, 5) is 21.6. The van der Waals surface area contributed by atoms with Crippen molar-refractivity contribution in [2.45, 2.75) is 12.8 Å². The fraction of sp³-hybridized carbons (Fsp3) is 0.417. The van der Waals surface area contributed by atoms with Crippen LogP contribution in [-0.4, -0.2) is 33.9 Å². The van der Waals surface area contributed by atoms with Gasteiger partial charge in [0, 0.05) is 18.9 Å². The fourth-order valence-electron chi connectivity index (χ4n) is 1.51. The summed E-state index contributed by atoms with van der Waals surface area (Å²) in [5.74, 6) is 3.00. The normalized spacial score (nSPS) is 14.2. The second-order valence-electron chi connectivity index (χ2n) is 3.92. The van der Waals surface area contributed by atoms with E-state index in [0.717, 1.165) is 6.54 Å². The highest BCUT2D eigenvalue weighted by molar-refractivity contribution is 5.92. The monoisotopic (exact) mass is 215 g/mol. The lowest BCUT2D eigenvalue weighted by Crippen LogP contribution is -2.33. The predicted octanol–water partition coefficient (Wildman–Crippen LogP) is 0.962. The van der Waals surface area contributed by atoms with Gasteiger partial charge in [0.15, 0.2) is 0 Å². The van der Waals surface area contributed by atoms with Crippen molar-refractivity contribution < 1.29 is 4.79 Å². The summed E-state index contributed by atoms with van der Waals surface area (Å²) < 4.78 is 0. The van der Waals surface area contributed by atoms with Crippen LogP contribution in [0.2, 0.25) is 0 Å². The Kier molecular flexibility index (Phi) is 3.16. The molecule has 1 fully saturated rings. The van der Waals surface area contributed by atoms with E-state index in [1.165, 1.54) is 25.2 Å². The number of carbonyl (C=O) groups is 1. The minimum absolute atomic E-state index is 0.127. The number of hydrogen-bond donors (Lipinski definition) is 0. The molecule has 0 bridgehead atoms. The van der Waals surface area contributed by atoms with Gasteiger partial charge in [-0.3, -0.25) is 9.78 Å². The number of nitrogens with zero attached hydrogens (tertiary/aromatic N) is 3. The molecule has 0 unspecified atom stereocenters. The molecular weight excluding hydrogens is 202 g/mol. The maximum absolute atomic E-state index is 12.0. The van der Waals surface area contributed by atoms with E-state index in [1.807, 2.05) is 0 Å². The number of rotatable bonds is 4. The lowest BCUT2D eigenvalue weighted by Gasteiger charge is -2.19. The molecule has 0 spiro atoms. The van der Waals surface area contributed by atoms with Crippen LogP contribution >= 0.6 is 0 Å². The molecular formula is C12H13N3O. The van der Waals surface area contributed by atoms with E-state index in [9.17, 15) is 4.79 Å². The van der Waals surface area contributed by atoms with E-state index in [2.05, 4.69) is 15.9 Å². The average molecular weight is 215 g/mol. The first-order valence-electron chi connectivity index (χ1n) is 5.30. The predicted molar refractivity (Wildman–Crippen MR) is 59.5 cm³/mol. The highest BCUT2D eigenvalue weighted by Gasteiger charge is 2.27. The molecule has 0 N–H and O–H groups in total. The zero-order valence-electron chi connectivity index (χ0n) is 8.97. The van der Waals surface area contributed by atoms with Crippen LogP contribution in [0.4, 0.5) is 0 Å². The standard InChI is InChI=1S/C12H13N3O/c1-2-7-15(9-10-3-4-10)12(16)11-8-13-5-6-14-11/h1,5-6,8,10H,3-4,7,9H2. The first-order valence-corrected chi connectivity index (χ1v) is 5.30. The lowest BCUT2D eigenvalue weighted by atomic mass is 10.3. The maximum atomic E-state index is 12.0. The van der Waals surface area contributed by atoms with E-state index < -0.39 is 0 Å². The summed E-state index contributed by atoms with van der Waals surface area (Å²) >= 11 is 0. The van der Waals surface area contributed by atoms with Crippen molar-refractivity contribution in [3.8, 4) is 12.3 Å². The van der Waals surface area contributed by atoms with Crippen molar-refractivity contribution in [1.29, 1.82) is 0 Å². The van der Waals surface area contributed by atoms with Crippen LogP contribution in [0.1, 0.15) is 23.3 Å². The molecule has 0 atom stereocenters. The molecule has 82 valence electrons. The van der Waals surface area contributed by atoms with Crippen molar-refractivity contribution in [3.05, 3.63) is 24.3 Å². The molecule has 1 saturated carbocycles. The average Bonchev–Trinajstić information content (AvgIpc) is 3.13. The number of terminal acetylenes is 1. The highest BCUT2D eigenvalue weighted by atomic mass is 16.2. The van der Waals surface area contributed by atoms with Crippen molar-refractivity contribution in [3.63, 3.8) is 0 Å².